The Morgan fingerprint density at radius 2 is 2.11 bits per heavy atom. The van der Waals surface area contributed by atoms with Crippen molar-refractivity contribution in [1.82, 2.24) is 15.3 Å². The van der Waals surface area contributed by atoms with Gasteiger partial charge >= 0.3 is 0 Å². The number of carbonyl (C=O) groups excluding carboxylic acids is 1. The summed E-state index contributed by atoms with van der Waals surface area (Å²) in [5.41, 5.74) is 3.23. The van der Waals surface area contributed by atoms with Gasteiger partial charge in [-0.25, -0.2) is 0 Å². The van der Waals surface area contributed by atoms with Crippen LogP contribution in [0.3, 0.4) is 0 Å². The van der Waals surface area contributed by atoms with Crippen LogP contribution < -0.4 is 25.4 Å². The van der Waals surface area contributed by atoms with Crippen molar-refractivity contribution in [2.24, 2.45) is 0 Å². The maximum absolute atomic E-state index is 12.9. The van der Waals surface area contributed by atoms with E-state index in [0.717, 1.165) is 12.1 Å². The molecule has 0 radical (unpaired) electrons. The van der Waals surface area contributed by atoms with Crippen LogP contribution in [0, 0.1) is 11.3 Å². The number of fused-ring (bicyclic) bond motifs is 1. The molecule has 1 aliphatic heterocycles. The minimum Gasteiger partial charge on any atom is -0.486 e. The van der Waals surface area contributed by atoms with Gasteiger partial charge in [-0.15, -0.1) is 0 Å². The number of amides is 1. The second kappa shape index (κ2) is 15.8. The number of ether oxygens (including phenoxy) is 4. The van der Waals surface area contributed by atoms with Gasteiger partial charge in [0.05, 0.1) is 53.0 Å². The normalized spacial score (nSPS) is 14.4. The first-order chi connectivity index (χ1) is 22.0. The number of nitrogens with zero attached hydrogens (tertiary/aromatic N) is 3. The smallest absolute Gasteiger partial charge is 0.248 e. The van der Waals surface area contributed by atoms with Crippen molar-refractivity contribution >= 4 is 45.5 Å². The van der Waals surface area contributed by atoms with Crippen LogP contribution in [0.5, 0.6) is 11.5 Å². The van der Waals surface area contributed by atoms with E-state index < -0.39 is 0 Å². The van der Waals surface area contributed by atoms with E-state index in [4.69, 9.17) is 30.5 Å². The number of nitrogens with one attached hydrogen (secondary N) is 3. The molecule has 3 heterocycles. The Morgan fingerprint density at radius 1 is 1.20 bits per heavy atom. The Kier molecular flexibility index (Phi) is 11.1. The molecule has 4 aromatic rings. The van der Waals surface area contributed by atoms with Crippen LogP contribution in [0.1, 0.15) is 17.7 Å². The Hall–Kier alpha value is -4.73. The number of anilines is 3. The second-order valence-electron chi connectivity index (χ2n) is 10.1. The van der Waals surface area contributed by atoms with Crippen molar-refractivity contribution in [3.8, 4) is 17.6 Å². The average Bonchev–Trinajstić information content (AvgIpc) is 3.56. The summed E-state index contributed by atoms with van der Waals surface area (Å²) in [6, 6.07) is 16.6. The summed E-state index contributed by atoms with van der Waals surface area (Å²) in [6.45, 7) is 3.09. The number of carbonyl (C=O) groups is 1. The number of methoxy groups -OCH3 is 1. The minimum absolute atomic E-state index is 0.157. The van der Waals surface area contributed by atoms with Crippen LogP contribution in [0.25, 0.3) is 10.9 Å². The standard InChI is InChI=1S/C33H33ClN6O5/c1-42-14-12-36-10-4-6-32(41)40-29-16-26-28(17-31(29)45-25-9-13-43-21-25)38-19-22(18-35)33(26)39-23-7-8-30(27(34)15-23)44-20-24-5-2-3-11-37-24/h2-8,11,15-17,19,25,36H,9-10,12-14,20-21H2,1H3,(H,38,39)(H,40,41)/b6-4+. The highest BCUT2D eigenvalue weighted by Crippen LogP contribution is 2.38. The van der Waals surface area contributed by atoms with Crippen molar-refractivity contribution in [3.63, 3.8) is 0 Å². The summed E-state index contributed by atoms with van der Waals surface area (Å²) < 4.78 is 22.6. The van der Waals surface area contributed by atoms with Gasteiger partial charge in [0.15, 0.2) is 0 Å². The van der Waals surface area contributed by atoms with Crippen LogP contribution in [0.2, 0.25) is 5.02 Å². The summed E-state index contributed by atoms with van der Waals surface area (Å²) in [5, 5.41) is 20.4. The quantitative estimate of drug-likeness (QED) is 0.123. The van der Waals surface area contributed by atoms with Crippen LogP contribution >= 0.6 is 11.6 Å². The molecular formula is C33H33ClN6O5. The zero-order chi connectivity index (χ0) is 31.4. The molecule has 1 saturated heterocycles. The molecular weight excluding hydrogens is 596 g/mol. The third kappa shape index (κ3) is 8.68. The van der Waals surface area contributed by atoms with Crippen LogP contribution in [0.15, 0.2) is 73.1 Å². The molecule has 11 nitrogen and oxygen atoms in total. The average molecular weight is 629 g/mol. The van der Waals surface area contributed by atoms with Gasteiger partial charge in [-0.05, 0) is 36.4 Å². The van der Waals surface area contributed by atoms with Crippen molar-refractivity contribution in [3.05, 3.63) is 89.4 Å². The summed E-state index contributed by atoms with van der Waals surface area (Å²) in [7, 11) is 1.63. The molecule has 1 aliphatic rings. The molecule has 232 valence electrons. The lowest BCUT2D eigenvalue weighted by molar-refractivity contribution is -0.111. The zero-order valence-corrected chi connectivity index (χ0v) is 25.5. The number of rotatable bonds is 14. The maximum Gasteiger partial charge on any atom is 0.248 e. The highest BCUT2D eigenvalue weighted by molar-refractivity contribution is 6.32. The van der Waals surface area contributed by atoms with Gasteiger partial charge in [-0.3, -0.25) is 14.8 Å². The SMILES string of the molecule is COCCNC/C=C/C(=O)Nc1cc2c(Nc3ccc(OCc4ccccn4)c(Cl)c3)c(C#N)cnc2cc1OC1CCOC1. The van der Waals surface area contributed by atoms with E-state index in [1.807, 2.05) is 18.2 Å². The summed E-state index contributed by atoms with van der Waals surface area (Å²) in [6.07, 6.45) is 6.96. The number of aromatic nitrogens is 2. The molecule has 2 aromatic carbocycles. The Morgan fingerprint density at radius 3 is 2.87 bits per heavy atom. The van der Waals surface area contributed by atoms with Crippen molar-refractivity contribution in [1.29, 1.82) is 5.26 Å². The first-order valence-electron chi connectivity index (χ1n) is 14.4. The molecule has 0 bridgehead atoms. The fourth-order valence-electron chi connectivity index (χ4n) is 4.60. The lowest BCUT2D eigenvalue weighted by Gasteiger charge is -2.18. The molecule has 45 heavy (non-hydrogen) atoms. The molecule has 12 heteroatoms. The lowest BCUT2D eigenvalue weighted by Crippen LogP contribution is -2.20. The van der Waals surface area contributed by atoms with E-state index >= 15 is 0 Å². The van der Waals surface area contributed by atoms with Gasteiger partial charge < -0.3 is 34.9 Å². The highest BCUT2D eigenvalue weighted by Gasteiger charge is 2.21. The van der Waals surface area contributed by atoms with E-state index in [-0.39, 0.29) is 18.6 Å². The minimum atomic E-state index is -0.331. The Bertz CT molecular complexity index is 1690. The Balaban J connectivity index is 1.41. The molecule has 0 spiro atoms. The van der Waals surface area contributed by atoms with Crippen molar-refractivity contribution < 1.29 is 23.7 Å². The summed E-state index contributed by atoms with van der Waals surface area (Å²) in [4.78, 5) is 21.7. The molecule has 1 unspecified atom stereocenters. The van der Waals surface area contributed by atoms with Gasteiger partial charge in [0.2, 0.25) is 5.91 Å². The van der Waals surface area contributed by atoms with Crippen molar-refractivity contribution in [2.75, 3.05) is 50.7 Å². The van der Waals surface area contributed by atoms with E-state index in [2.05, 4.69) is 32.0 Å². The highest BCUT2D eigenvalue weighted by atomic mass is 35.5. The topological polar surface area (TPSA) is 140 Å². The largest absolute Gasteiger partial charge is 0.486 e. The van der Waals surface area contributed by atoms with Gasteiger partial charge in [-0.1, -0.05) is 23.7 Å². The second-order valence-corrected chi connectivity index (χ2v) is 10.5. The monoisotopic (exact) mass is 628 g/mol. The van der Waals surface area contributed by atoms with E-state index in [1.165, 1.54) is 12.3 Å². The zero-order valence-electron chi connectivity index (χ0n) is 24.7. The van der Waals surface area contributed by atoms with Crippen LogP contribution in [-0.2, 0) is 20.9 Å². The first kappa shape index (κ1) is 31.7. The van der Waals surface area contributed by atoms with E-state index in [9.17, 15) is 10.1 Å². The molecule has 0 saturated carbocycles. The molecule has 1 atom stereocenters. The third-order valence-electron chi connectivity index (χ3n) is 6.85. The first-order valence-corrected chi connectivity index (χ1v) is 14.8. The lowest BCUT2D eigenvalue weighted by atomic mass is 10.1. The summed E-state index contributed by atoms with van der Waals surface area (Å²) in [5.74, 6) is 0.624. The summed E-state index contributed by atoms with van der Waals surface area (Å²) >= 11 is 6.56. The maximum atomic E-state index is 12.9. The van der Waals surface area contributed by atoms with Gasteiger partial charge in [0.25, 0.3) is 0 Å². The number of nitriles is 1. The predicted octanol–water partition coefficient (Wildman–Crippen LogP) is 5.38. The molecule has 1 fully saturated rings. The van der Waals surface area contributed by atoms with Gasteiger partial charge in [-0.2, -0.15) is 5.26 Å². The van der Waals surface area contributed by atoms with Crippen molar-refractivity contribution in [2.45, 2.75) is 19.1 Å². The van der Waals surface area contributed by atoms with Gasteiger partial charge in [0.1, 0.15) is 30.3 Å². The van der Waals surface area contributed by atoms with Crippen LogP contribution in [-0.4, -0.2) is 62.0 Å². The van der Waals surface area contributed by atoms with E-state index in [1.54, 1.807) is 49.7 Å². The molecule has 5 rings (SSSR count). The fraction of sp³-hybridized carbons (Fsp3) is 0.273. The number of pyridine rings is 2. The number of halogens is 1. The Labute approximate surface area is 266 Å². The fourth-order valence-corrected chi connectivity index (χ4v) is 4.83. The molecule has 0 aliphatic carbocycles. The number of hydrogen-bond donors (Lipinski definition) is 3. The predicted molar refractivity (Wildman–Crippen MR) is 172 cm³/mol. The van der Waals surface area contributed by atoms with Gasteiger partial charge in [0, 0.05) is 62.2 Å². The van der Waals surface area contributed by atoms with E-state index in [0.29, 0.717) is 83.0 Å². The number of hydrogen-bond acceptors (Lipinski definition) is 10. The molecule has 2 aromatic heterocycles. The van der Waals surface area contributed by atoms with Crippen LogP contribution in [0.4, 0.5) is 17.1 Å². The molecule has 3 N–H and O–H groups in total. The number of benzene rings is 2. The molecule has 1 amide bonds. The third-order valence-corrected chi connectivity index (χ3v) is 7.14.